The third-order valence-corrected chi connectivity index (χ3v) is 59.6. The minimum atomic E-state index is -3.92. The van der Waals surface area contributed by atoms with Crippen LogP contribution in [0.15, 0.2) is 90.5 Å². The molecule has 0 N–H and O–H groups in total. The van der Waals surface area contributed by atoms with Gasteiger partial charge in [0, 0.05) is 0 Å². The fraction of sp³-hybridized carbons (Fsp3) is 0.385. The molecule has 0 fully saturated rings. The summed E-state index contributed by atoms with van der Waals surface area (Å²) in [6, 6.07) is 33.0. The second kappa shape index (κ2) is 12.7. The molecule has 0 bridgehead atoms. The molecule has 1 aliphatic carbocycles. The van der Waals surface area contributed by atoms with Crippen molar-refractivity contribution in [3.8, 4) is 11.1 Å². The van der Waals surface area contributed by atoms with Gasteiger partial charge in [0.05, 0.1) is 0 Å². The first kappa shape index (κ1) is 30.4. The molecule has 0 saturated heterocycles. The summed E-state index contributed by atoms with van der Waals surface area (Å²) < 4.78 is 5.55. The van der Waals surface area contributed by atoms with E-state index in [9.17, 15) is 0 Å². The molecule has 0 radical (unpaired) electrons. The fourth-order valence-corrected chi connectivity index (χ4v) is 56.1. The van der Waals surface area contributed by atoms with Gasteiger partial charge >= 0.3 is 254 Å². The number of aryl methyl sites for hydroxylation is 1. The van der Waals surface area contributed by atoms with Crippen LogP contribution < -0.4 is 3.27 Å². The maximum atomic E-state index is 2.80. The molecule has 1 unspecified atom stereocenters. The molecule has 1 aliphatic rings. The predicted octanol–water partition coefficient (Wildman–Crippen LogP) is 11.4. The van der Waals surface area contributed by atoms with Crippen LogP contribution in [-0.2, 0) is 24.4 Å². The van der Waals surface area contributed by atoms with Crippen LogP contribution in [0.25, 0.3) is 28.0 Å². The Bertz CT molecular complexity index is 1520. The van der Waals surface area contributed by atoms with Crippen molar-refractivity contribution in [2.75, 3.05) is 0 Å². The van der Waals surface area contributed by atoms with Crippen LogP contribution in [-0.4, -0.2) is 5.92 Å². The Morgan fingerprint density at radius 2 is 1.29 bits per heavy atom. The van der Waals surface area contributed by atoms with Crippen LogP contribution in [0, 0.1) is 0 Å². The Morgan fingerprint density at radius 1 is 0.683 bits per heavy atom. The van der Waals surface area contributed by atoms with Crippen molar-refractivity contribution in [2.45, 2.75) is 91.2 Å². The number of unbranched alkanes of at least 4 members (excludes halogenated alkanes) is 2. The number of fused-ring (bicyclic) bond motifs is 2. The maximum absolute atomic E-state index is 3.92. The molecule has 41 heavy (non-hydrogen) atoms. The Hall–Kier alpha value is -2.02. The van der Waals surface area contributed by atoms with Crippen LogP contribution in [0.3, 0.4) is 0 Å². The molecule has 0 spiro atoms. The molecule has 0 amide bonds. The third-order valence-electron chi connectivity index (χ3n) is 11.1. The normalized spacial score (nSPS) is 16.0. The van der Waals surface area contributed by atoms with Gasteiger partial charge in [0.2, 0.25) is 0 Å². The van der Waals surface area contributed by atoms with Crippen LogP contribution in [0.2, 0.25) is 21.4 Å². The van der Waals surface area contributed by atoms with E-state index >= 15 is 0 Å². The van der Waals surface area contributed by atoms with Gasteiger partial charge in [0.15, 0.2) is 0 Å². The zero-order valence-electron chi connectivity index (χ0n) is 26.5. The van der Waals surface area contributed by atoms with Gasteiger partial charge in [-0.3, -0.25) is 0 Å². The van der Waals surface area contributed by atoms with Gasteiger partial charge in [-0.2, -0.15) is 0 Å². The van der Waals surface area contributed by atoms with Gasteiger partial charge in [-0.15, -0.1) is 0 Å². The van der Waals surface area contributed by atoms with Crippen LogP contribution in [0.1, 0.15) is 80.1 Å². The van der Waals surface area contributed by atoms with Gasteiger partial charge < -0.3 is 0 Å². The van der Waals surface area contributed by atoms with Crippen molar-refractivity contribution in [1.29, 1.82) is 0 Å². The van der Waals surface area contributed by atoms with Gasteiger partial charge in [0.25, 0.3) is 0 Å². The SMILES string of the molecule is CCC[CH2][Zr]([CH2]CCC)([c]1c(CC)cc(-c2ccccc2)c2ccccc12)([CH]1C(CC)=Cc2ccccc21)[SiH](C)C. The zero-order chi connectivity index (χ0) is 29.1. The van der Waals surface area contributed by atoms with Crippen LogP contribution in [0.5, 0.6) is 0 Å². The van der Waals surface area contributed by atoms with E-state index in [0.29, 0.717) is 3.63 Å². The summed E-state index contributed by atoms with van der Waals surface area (Å²) in [4.78, 5) is 0. The Balaban J connectivity index is 2.00. The van der Waals surface area contributed by atoms with Gasteiger partial charge in [-0.05, 0) is 0 Å². The summed E-state index contributed by atoms with van der Waals surface area (Å²) in [5.74, 6) is -1.18. The Labute approximate surface area is 252 Å². The van der Waals surface area contributed by atoms with Crippen molar-refractivity contribution in [1.82, 2.24) is 0 Å². The second-order valence-corrected chi connectivity index (χ2v) is 46.8. The van der Waals surface area contributed by atoms with Gasteiger partial charge in [-0.25, -0.2) is 0 Å². The first-order valence-corrected chi connectivity index (χ1v) is 29.8. The molecule has 2 heteroatoms. The summed E-state index contributed by atoms with van der Waals surface area (Å²) in [5, 5.41) is 3.08. The van der Waals surface area contributed by atoms with Crippen molar-refractivity contribution in [3.63, 3.8) is 0 Å². The topological polar surface area (TPSA) is 0 Å². The first-order valence-electron chi connectivity index (χ1n) is 16.5. The molecule has 1 atom stereocenters. The molecule has 0 aromatic heterocycles. The average molecular weight is 639 g/mol. The van der Waals surface area contributed by atoms with Gasteiger partial charge in [-0.1, -0.05) is 0 Å². The predicted molar refractivity (Wildman–Crippen MR) is 184 cm³/mol. The minimum absolute atomic E-state index is 0.652. The second-order valence-electron chi connectivity index (χ2n) is 13.1. The molecule has 5 rings (SSSR count). The van der Waals surface area contributed by atoms with E-state index in [2.05, 4.69) is 132 Å². The van der Waals surface area contributed by atoms with Crippen LogP contribution >= 0.6 is 0 Å². The summed E-state index contributed by atoms with van der Waals surface area (Å²) in [7, 11) is 0. The monoisotopic (exact) mass is 637 g/mol. The summed E-state index contributed by atoms with van der Waals surface area (Å²) in [6.07, 6.45) is 10.2. The van der Waals surface area contributed by atoms with Gasteiger partial charge in [0.1, 0.15) is 0 Å². The fourth-order valence-electron chi connectivity index (χ4n) is 9.07. The summed E-state index contributed by atoms with van der Waals surface area (Å²) in [6.45, 7) is 15.3. The molecular weight excluding hydrogens is 588 g/mol. The van der Waals surface area contributed by atoms with E-state index in [-0.39, 0.29) is 0 Å². The quantitative estimate of drug-likeness (QED) is 0.135. The molecular formula is C39H51SiZr. The summed E-state index contributed by atoms with van der Waals surface area (Å²) >= 11 is -3.92. The van der Waals surface area contributed by atoms with E-state index in [0.717, 1.165) is 6.42 Å². The van der Waals surface area contributed by atoms with E-state index < -0.39 is 23.9 Å². The first-order chi connectivity index (χ1) is 20.0. The Morgan fingerprint density at radius 3 is 1.90 bits per heavy atom. The molecule has 0 heterocycles. The van der Waals surface area contributed by atoms with Crippen molar-refractivity contribution in [3.05, 3.63) is 107 Å². The summed E-state index contributed by atoms with van der Waals surface area (Å²) in [5.41, 5.74) is 9.39. The van der Waals surface area contributed by atoms with Crippen LogP contribution in [0.4, 0.5) is 0 Å². The van der Waals surface area contributed by atoms with E-state index in [4.69, 9.17) is 0 Å². The number of hydrogen-bond acceptors (Lipinski definition) is 0. The van der Waals surface area contributed by atoms with E-state index in [1.165, 1.54) is 62.4 Å². The average Bonchev–Trinajstić information content (AvgIpc) is 3.41. The number of rotatable bonds is 12. The zero-order valence-corrected chi connectivity index (χ0v) is 30.1. The molecule has 4 aromatic carbocycles. The van der Waals surface area contributed by atoms with Crippen molar-refractivity contribution in [2.24, 2.45) is 0 Å². The third kappa shape index (κ3) is 4.92. The van der Waals surface area contributed by atoms with E-state index in [1.54, 1.807) is 22.1 Å². The molecule has 4 aromatic rings. The number of allylic oxidation sites excluding steroid dienone is 1. The molecule has 0 aliphatic heterocycles. The standard InChI is InChI=1S/C18H15.C11H11.2C4H9.C2H7Si.Zr/c1-2-14-12-16-10-6-7-11-17(16)18(13-14)15-8-4-3-5-9-15;1-2-9-7-10-5-3-4-6-11(10)8-9;2*1-3-4-2;1-3-2;/h3-11,13H,2H2,1H3;3-8H,2H2,1H3;2*1,3-4H2,2H3;3H,1-2H3;. The number of hydrogen-bond donors (Lipinski definition) is 0. The number of benzene rings is 4. The Kier molecular flexibility index (Phi) is 9.42. The molecule has 0 nitrogen and oxygen atoms in total. The van der Waals surface area contributed by atoms with Crippen molar-refractivity contribution >= 4 is 26.0 Å². The molecule has 0 saturated carbocycles. The van der Waals surface area contributed by atoms with E-state index in [1.807, 2.05) is 3.27 Å². The molecule has 215 valence electrons. The van der Waals surface area contributed by atoms with Crippen molar-refractivity contribution < 1.29 is 17.9 Å².